The Bertz CT molecular complexity index is 539. The molecule has 0 spiro atoms. The van der Waals surface area contributed by atoms with E-state index >= 15 is 0 Å². The molecule has 0 unspecified atom stereocenters. The van der Waals surface area contributed by atoms with E-state index in [0.717, 1.165) is 4.85 Å². The van der Waals surface area contributed by atoms with Gasteiger partial charge in [0.2, 0.25) is 0 Å². The van der Waals surface area contributed by atoms with Crippen molar-refractivity contribution in [2.75, 3.05) is 0 Å². The van der Waals surface area contributed by atoms with E-state index in [-0.39, 0.29) is 0 Å². The first kappa shape index (κ1) is 14.9. The number of carboxylic acids is 1. The van der Waals surface area contributed by atoms with E-state index in [1.54, 1.807) is 12.1 Å². The molecule has 1 aromatic carbocycles. The van der Waals surface area contributed by atoms with Crippen molar-refractivity contribution in [3.63, 3.8) is 0 Å². The Morgan fingerprint density at radius 1 is 1.42 bits per heavy atom. The summed E-state index contributed by atoms with van der Waals surface area (Å²) in [6.45, 7) is 3.89. The number of hydrogen-bond acceptors (Lipinski definition) is 5. The molecule has 0 aliphatic carbocycles. The zero-order valence-electron chi connectivity index (χ0n) is 10.9. The van der Waals surface area contributed by atoms with Gasteiger partial charge in [-0.2, -0.15) is 0 Å². The number of aromatic nitrogens is 3. The summed E-state index contributed by atoms with van der Waals surface area (Å²) in [5.74, 6) is -0.556. The van der Waals surface area contributed by atoms with Crippen LogP contribution in [0.3, 0.4) is 0 Å². The van der Waals surface area contributed by atoms with Crippen molar-refractivity contribution in [2.24, 2.45) is 11.7 Å². The molecule has 2 aromatic rings. The number of fused-ring (bicyclic) bond motifs is 1. The molecule has 0 amide bonds. The predicted molar refractivity (Wildman–Crippen MR) is 69.8 cm³/mol. The summed E-state index contributed by atoms with van der Waals surface area (Å²) >= 11 is 0. The lowest BCUT2D eigenvalue weighted by Crippen LogP contribution is -2.31. The van der Waals surface area contributed by atoms with Gasteiger partial charge in [0.1, 0.15) is 17.1 Å². The van der Waals surface area contributed by atoms with E-state index in [2.05, 4.69) is 10.3 Å². The highest BCUT2D eigenvalue weighted by Crippen LogP contribution is 2.06. The number of para-hydroxylation sites is 1. The molecule has 0 aliphatic heterocycles. The molecular weight excluding hydrogens is 248 g/mol. The van der Waals surface area contributed by atoms with Crippen LogP contribution in [0.2, 0.25) is 0 Å². The van der Waals surface area contributed by atoms with Crippen LogP contribution in [0.1, 0.15) is 20.3 Å². The molecule has 1 atom stereocenters. The van der Waals surface area contributed by atoms with E-state index in [1.807, 2.05) is 26.0 Å². The summed E-state index contributed by atoms with van der Waals surface area (Å²) in [6.07, 6.45) is 0.551. The Morgan fingerprint density at radius 3 is 2.53 bits per heavy atom. The van der Waals surface area contributed by atoms with Crippen LogP contribution in [-0.4, -0.2) is 37.5 Å². The van der Waals surface area contributed by atoms with Crippen molar-refractivity contribution in [1.82, 2.24) is 15.2 Å². The maximum absolute atomic E-state index is 10.1. The monoisotopic (exact) mass is 266 g/mol. The Labute approximate surface area is 110 Å². The van der Waals surface area contributed by atoms with Gasteiger partial charge < -0.3 is 16.0 Å². The number of aliphatic carboxylic acids is 1. The van der Waals surface area contributed by atoms with Crippen LogP contribution >= 0.6 is 0 Å². The molecule has 1 heterocycles. The van der Waals surface area contributed by atoms with Crippen LogP contribution in [0.4, 0.5) is 0 Å². The molecule has 0 bridgehead atoms. The average Bonchev–Trinajstić information content (AvgIpc) is 2.72. The van der Waals surface area contributed by atoms with E-state index in [9.17, 15) is 4.79 Å². The first-order valence-electron chi connectivity index (χ1n) is 5.90. The highest BCUT2D eigenvalue weighted by atomic mass is 16.5. The van der Waals surface area contributed by atoms with Crippen molar-refractivity contribution in [3.05, 3.63) is 24.3 Å². The Kier molecular flexibility index (Phi) is 5.25. The SMILES string of the molecule is CC(C)C[C@H](N)C(=O)O.On1nnc2ccccc21. The normalized spacial score (nSPS) is 12.0. The first-order chi connectivity index (χ1) is 8.91. The van der Waals surface area contributed by atoms with Crippen molar-refractivity contribution in [2.45, 2.75) is 26.3 Å². The fourth-order valence-electron chi connectivity index (χ4n) is 1.47. The van der Waals surface area contributed by atoms with E-state index in [4.69, 9.17) is 16.0 Å². The molecule has 19 heavy (non-hydrogen) atoms. The van der Waals surface area contributed by atoms with E-state index in [1.165, 1.54) is 0 Å². The van der Waals surface area contributed by atoms with Gasteiger partial charge in [0.25, 0.3) is 0 Å². The Morgan fingerprint density at radius 2 is 2.05 bits per heavy atom. The number of nitrogens with zero attached hydrogens (tertiary/aromatic N) is 3. The molecule has 0 saturated heterocycles. The number of carboxylic acid groups (broad SMARTS) is 1. The molecular formula is C12H18N4O3. The largest absolute Gasteiger partial charge is 0.480 e. The smallest absolute Gasteiger partial charge is 0.320 e. The minimum Gasteiger partial charge on any atom is -0.480 e. The van der Waals surface area contributed by atoms with Crippen LogP contribution in [0.15, 0.2) is 24.3 Å². The molecule has 0 fully saturated rings. The van der Waals surface area contributed by atoms with Gasteiger partial charge in [-0.25, -0.2) is 0 Å². The molecule has 0 saturated carbocycles. The number of hydrogen-bond donors (Lipinski definition) is 3. The van der Waals surface area contributed by atoms with Crippen LogP contribution in [0.25, 0.3) is 11.0 Å². The number of benzene rings is 1. The molecule has 2 rings (SSSR count). The highest BCUT2D eigenvalue weighted by Gasteiger charge is 2.11. The summed E-state index contributed by atoms with van der Waals surface area (Å²) < 4.78 is 0. The predicted octanol–water partition coefficient (Wildman–Crippen LogP) is 1.11. The van der Waals surface area contributed by atoms with E-state index in [0.29, 0.717) is 23.4 Å². The third-order valence-corrected chi connectivity index (χ3v) is 2.38. The third-order valence-electron chi connectivity index (χ3n) is 2.38. The number of carbonyl (C=O) groups is 1. The van der Waals surface area contributed by atoms with Crippen molar-refractivity contribution >= 4 is 17.0 Å². The fourth-order valence-corrected chi connectivity index (χ4v) is 1.47. The van der Waals surface area contributed by atoms with Gasteiger partial charge in [-0.15, -0.1) is 5.10 Å². The minimum absolute atomic E-state index is 0.357. The van der Waals surface area contributed by atoms with Gasteiger partial charge >= 0.3 is 5.97 Å². The topological polar surface area (TPSA) is 114 Å². The molecule has 0 radical (unpaired) electrons. The second-order valence-corrected chi connectivity index (χ2v) is 4.54. The van der Waals surface area contributed by atoms with Crippen LogP contribution in [0, 0.1) is 5.92 Å². The lowest BCUT2D eigenvalue weighted by atomic mass is 10.1. The quantitative estimate of drug-likeness (QED) is 0.717. The average molecular weight is 266 g/mol. The van der Waals surface area contributed by atoms with Gasteiger partial charge in [-0.1, -0.05) is 30.8 Å². The highest BCUT2D eigenvalue weighted by molar-refractivity contribution is 5.73. The second kappa shape index (κ2) is 6.69. The van der Waals surface area contributed by atoms with Crippen LogP contribution < -0.4 is 5.73 Å². The van der Waals surface area contributed by atoms with Crippen molar-refractivity contribution in [1.29, 1.82) is 0 Å². The number of rotatable bonds is 3. The zero-order valence-corrected chi connectivity index (χ0v) is 10.9. The van der Waals surface area contributed by atoms with Crippen LogP contribution in [-0.2, 0) is 4.79 Å². The molecule has 7 heteroatoms. The van der Waals surface area contributed by atoms with Gasteiger partial charge in [-0.3, -0.25) is 4.79 Å². The molecule has 1 aromatic heterocycles. The van der Waals surface area contributed by atoms with Gasteiger partial charge in [-0.05, 0) is 29.7 Å². The molecule has 104 valence electrons. The maximum Gasteiger partial charge on any atom is 0.320 e. The zero-order chi connectivity index (χ0) is 14.4. The minimum atomic E-state index is -0.913. The Balaban J connectivity index is 0.000000192. The summed E-state index contributed by atoms with van der Waals surface area (Å²) in [7, 11) is 0. The number of nitrogens with two attached hydrogens (primary N) is 1. The molecule has 0 aliphatic rings. The van der Waals surface area contributed by atoms with Gasteiger partial charge in [0, 0.05) is 0 Å². The van der Waals surface area contributed by atoms with Gasteiger partial charge in [0.05, 0.1) is 0 Å². The van der Waals surface area contributed by atoms with Crippen molar-refractivity contribution < 1.29 is 15.1 Å². The summed E-state index contributed by atoms with van der Waals surface area (Å²) in [5, 5.41) is 24.4. The molecule has 7 nitrogen and oxygen atoms in total. The van der Waals surface area contributed by atoms with Crippen LogP contribution in [0.5, 0.6) is 0 Å². The lowest BCUT2D eigenvalue weighted by Gasteiger charge is -2.07. The fraction of sp³-hybridized carbons (Fsp3) is 0.417. The summed E-state index contributed by atoms with van der Waals surface area (Å²) in [5.41, 5.74) is 6.54. The standard InChI is InChI=1S/C6H5N3O.C6H13NO2/c10-9-6-4-2-1-3-5(6)7-8-9;1-4(2)3-5(7)6(8)9/h1-4,10H;4-5H,3,7H2,1-2H3,(H,8,9)/t;5-/m.0/s1. The first-order valence-corrected chi connectivity index (χ1v) is 5.90. The maximum atomic E-state index is 10.1. The van der Waals surface area contributed by atoms with Gasteiger partial charge in [0.15, 0.2) is 0 Å². The summed E-state index contributed by atoms with van der Waals surface area (Å²) in [6, 6.07) is 6.50. The van der Waals surface area contributed by atoms with E-state index < -0.39 is 12.0 Å². The second-order valence-electron chi connectivity index (χ2n) is 4.54. The Hall–Kier alpha value is -2.15. The lowest BCUT2D eigenvalue weighted by molar-refractivity contribution is -0.138. The summed E-state index contributed by atoms with van der Waals surface area (Å²) in [4.78, 5) is 10.9. The van der Waals surface area contributed by atoms with Crippen molar-refractivity contribution in [3.8, 4) is 0 Å². The molecule has 4 N–H and O–H groups in total. The third kappa shape index (κ3) is 4.55.